The van der Waals surface area contributed by atoms with Crippen LogP contribution >= 0.6 is 11.3 Å². The first-order chi connectivity index (χ1) is 15.9. The van der Waals surface area contributed by atoms with Gasteiger partial charge >= 0.3 is 0 Å². The molecule has 0 radical (unpaired) electrons. The number of amides is 1. The van der Waals surface area contributed by atoms with Gasteiger partial charge in [0.25, 0.3) is 11.7 Å². The number of likely N-dealkylation sites (tertiary alicyclic amines) is 1. The third-order valence-corrected chi connectivity index (χ3v) is 6.24. The van der Waals surface area contributed by atoms with Crippen molar-refractivity contribution in [1.29, 1.82) is 0 Å². The number of ether oxygens (including phenoxy) is 2. The quantitative estimate of drug-likeness (QED) is 0.297. The lowest BCUT2D eigenvalue weighted by Crippen LogP contribution is -2.28. The van der Waals surface area contributed by atoms with Crippen molar-refractivity contribution >= 4 is 28.8 Å². The van der Waals surface area contributed by atoms with E-state index in [4.69, 9.17) is 9.47 Å². The van der Waals surface area contributed by atoms with Crippen molar-refractivity contribution in [2.24, 2.45) is 0 Å². The average molecular weight is 464 g/mol. The van der Waals surface area contributed by atoms with Crippen molar-refractivity contribution in [3.63, 3.8) is 0 Å². The minimum atomic E-state index is -0.705. The number of ketones is 1. The summed E-state index contributed by atoms with van der Waals surface area (Å²) in [5.41, 5.74) is 1.33. The molecule has 3 aromatic rings. The van der Waals surface area contributed by atoms with Crippen LogP contribution in [0.25, 0.3) is 5.76 Å². The second-order valence-corrected chi connectivity index (χ2v) is 8.97. The van der Waals surface area contributed by atoms with Crippen LogP contribution in [-0.4, -0.2) is 34.9 Å². The third-order valence-electron chi connectivity index (χ3n) is 5.32. The summed E-state index contributed by atoms with van der Waals surface area (Å²) in [6.07, 6.45) is -0.0399. The van der Waals surface area contributed by atoms with Gasteiger partial charge in [-0.05, 0) is 55.1 Å². The van der Waals surface area contributed by atoms with Crippen LogP contribution < -0.4 is 9.47 Å². The maximum Gasteiger partial charge on any atom is 0.295 e. The predicted octanol–water partition coefficient (Wildman–Crippen LogP) is 5.17. The van der Waals surface area contributed by atoms with Crippen LogP contribution in [0, 0.1) is 0 Å². The summed E-state index contributed by atoms with van der Waals surface area (Å²) in [6, 6.07) is 17.3. The fourth-order valence-corrected chi connectivity index (χ4v) is 4.74. The fourth-order valence-electron chi connectivity index (χ4n) is 3.90. The molecule has 7 heteroatoms. The van der Waals surface area contributed by atoms with E-state index in [9.17, 15) is 14.7 Å². The van der Waals surface area contributed by atoms with Gasteiger partial charge in [-0.25, -0.2) is 0 Å². The van der Waals surface area contributed by atoms with Crippen molar-refractivity contribution in [3.8, 4) is 11.5 Å². The van der Waals surface area contributed by atoms with Crippen molar-refractivity contribution < 1.29 is 24.2 Å². The highest BCUT2D eigenvalue weighted by Gasteiger charge is 2.46. The number of aliphatic hydroxyl groups is 1. The maximum atomic E-state index is 13.2. The summed E-state index contributed by atoms with van der Waals surface area (Å²) in [5.74, 6) is -0.323. The SMILES string of the molecule is COc1cccc(CN2C(=O)C(=O)/C(=C(\O)c3cccc(OC(C)C)c3)C2c2cccs2)c1. The molecule has 6 nitrogen and oxygen atoms in total. The van der Waals surface area contributed by atoms with Crippen molar-refractivity contribution in [1.82, 2.24) is 4.90 Å². The lowest BCUT2D eigenvalue weighted by atomic mass is 9.99. The molecule has 0 aliphatic carbocycles. The molecule has 1 aliphatic heterocycles. The molecule has 1 amide bonds. The Morgan fingerprint density at radius 3 is 2.52 bits per heavy atom. The minimum Gasteiger partial charge on any atom is -0.507 e. The number of methoxy groups -OCH3 is 1. The molecular weight excluding hydrogens is 438 g/mol. The molecule has 170 valence electrons. The summed E-state index contributed by atoms with van der Waals surface area (Å²) in [7, 11) is 1.58. The van der Waals surface area contributed by atoms with Crippen LogP contribution in [0.15, 0.2) is 71.6 Å². The van der Waals surface area contributed by atoms with Gasteiger partial charge < -0.3 is 19.5 Å². The number of Topliss-reactive ketones (excluding diaryl/α,β-unsaturated/α-hetero) is 1. The summed E-state index contributed by atoms with van der Waals surface area (Å²) in [6.45, 7) is 4.03. The average Bonchev–Trinajstić information content (AvgIpc) is 3.41. The number of thiophene rings is 1. The number of hydrogen-bond acceptors (Lipinski definition) is 6. The lowest BCUT2D eigenvalue weighted by Gasteiger charge is -2.24. The highest BCUT2D eigenvalue weighted by Crippen LogP contribution is 2.42. The Bertz CT molecular complexity index is 1200. The summed E-state index contributed by atoms with van der Waals surface area (Å²) >= 11 is 1.43. The molecule has 0 bridgehead atoms. The monoisotopic (exact) mass is 463 g/mol. The molecule has 0 spiro atoms. The number of carbonyl (C=O) groups is 2. The van der Waals surface area contributed by atoms with Gasteiger partial charge in [-0.2, -0.15) is 0 Å². The first-order valence-corrected chi connectivity index (χ1v) is 11.5. The highest BCUT2D eigenvalue weighted by molar-refractivity contribution is 7.10. The zero-order valence-electron chi connectivity index (χ0n) is 18.6. The molecule has 0 saturated carbocycles. The molecule has 1 unspecified atom stereocenters. The Kier molecular flexibility index (Phi) is 6.51. The van der Waals surface area contributed by atoms with E-state index in [0.717, 1.165) is 10.4 Å². The molecule has 1 aliphatic rings. The van der Waals surface area contributed by atoms with Crippen LogP contribution in [-0.2, 0) is 16.1 Å². The summed E-state index contributed by atoms with van der Waals surface area (Å²) in [4.78, 5) is 28.6. The largest absolute Gasteiger partial charge is 0.507 e. The smallest absolute Gasteiger partial charge is 0.295 e. The summed E-state index contributed by atoms with van der Waals surface area (Å²) < 4.78 is 11.0. The Balaban J connectivity index is 1.79. The Morgan fingerprint density at radius 1 is 1.06 bits per heavy atom. The van der Waals surface area contributed by atoms with Gasteiger partial charge in [0, 0.05) is 17.0 Å². The van der Waals surface area contributed by atoms with Crippen molar-refractivity contribution in [2.75, 3.05) is 7.11 Å². The van der Waals surface area contributed by atoms with Crippen LogP contribution in [0.1, 0.15) is 35.9 Å². The molecule has 2 heterocycles. The maximum absolute atomic E-state index is 13.2. The first kappa shape index (κ1) is 22.6. The van der Waals surface area contributed by atoms with Crippen LogP contribution in [0.5, 0.6) is 11.5 Å². The fraction of sp³-hybridized carbons (Fsp3) is 0.231. The van der Waals surface area contributed by atoms with Gasteiger partial charge in [-0.3, -0.25) is 9.59 Å². The van der Waals surface area contributed by atoms with Gasteiger partial charge in [0.15, 0.2) is 0 Å². The first-order valence-electron chi connectivity index (χ1n) is 10.6. The van der Waals surface area contributed by atoms with Crippen LogP contribution in [0.4, 0.5) is 0 Å². The predicted molar refractivity (Wildman–Crippen MR) is 127 cm³/mol. The van der Waals surface area contributed by atoms with Crippen LogP contribution in [0.3, 0.4) is 0 Å². The molecule has 2 aromatic carbocycles. The number of rotatable bonds is 7. The van der Waals surface area contributed by atoms with Crippen molar-refractivity contribution in [2.45, 2.75) is 32.5 Å². The second kappa shape index (κ2) is 9.50. The standard InChI is InChI=1S/C26H25NO5S/c1-16(2)32-20-10-5-8-18(14-20)24(28)22-23(21-11-6-12-33-21)27(26(30)25(22)29)15-17-7-4-9-19(13-17)31-3/h4-14,16,23,28H,15H2,1-3H3/b24-22-. The van der Waals surface area contributed by atoms with E-state index in [1.165, 1.54) is 16.2 Å². The normalized spacial score (nSPS) is 17.6. The zero-order chi connectivity index (χ0) is 23.5. The van der Waals surface area contributed by atoms with Gasteiger partial charge in [0.1, 0.15) is 17.3 Å². The van der Waals surface area contributed by atoms with Gasteiger partial charge in [0.05, 0.1) is 24.8 Å². The van der Waals surface area contributed by atoms with Gasteiger partial charge in [-0.15, -0.1) is 11.3 Å². The van der Waals surface area contributed by atoms with E-state index in [1.54, 1.807) is 31.4 Å². The number of aliphatic hydroxyl groups excluding tert-OH is 1. The van der Waals surface area contributed by atoms with E-state index in [-0.39, 0.29) is 24.0 Å². The second-order valence-electron chi connectivity index (χ2n) is 7.99. The molecule has 1 fully saturated rings. The Hall–Kier alpha value is -3.58. The van der Waals surface area contributed by atoms with Crippen LogP contribution in [0.2, 0.25) is 0 Å². The molecule has 4 rings (SSSR count). The van der Waals surface area contributed by atoms with Crippen molar-refractivity contribution in [3.05, 3.63) is 87.6 Å². The van der Waals surface area contributed by atoms with E-state index >= 15 is 0 Å². The van der Waals surface area contributed by atoms with E-state index in [2.05, 4.69) is 0 Å². The number of benzene rings is 2. The minimum absolute atomic E-state index is 0.0399. The number of nitrogens with zero attached hydrogens (tertiary/aromatic N) is 1. The Labute approximate surface area is 196 Å². The van der Waals surface area contributed by atoms with E-state index < -0.39 is 17.7 Å². The third kappa shape index (κ3) is 4.64. The van der Waals surface area contributed by atoms with Gasteiger partial charge in [0.2, 0.25) is 0 Å². The molecule has 1 aromatic heterocycles. The van der Waals surface area contributed by atoms with Gasteiger partial charge in [-0.1, -0.05) is 30.3 Å². The molecule has 1 saturated heterocycles. The zero-order valence-corrected chi connectivity index (χ0v) is 19.5. The molecule has 33 heavy (non-hydrogen) atoms. The summed E-state index contributed by atoms with van der Waals surface area (Å²) in [5, 5.41) is 13.1. The number of carbonyl (C=O) groups excluding carboxylic acids is 2. The molecule has 1 N–H and O–H groups in total. The lowest BCUT2D eigenvalue weighted by molar-refractivity contribution is -0.140. The van der Waals surface area contributed by atoms with E-state index in [1.807, 2.05) is 55.6 Å². The van der Waals surface area contributed by atoms with E-state index in [0.29, 0.717) is 17.1 Å². The molecular formula is C26H25NO5S. The Morgan fingerprint density at radius 2 is 1.82 bits per heavy atom. The highest BCUT2D eigenvalue weighted by atomic mass is 32.1. The topological polar surface area (TPSA) is 76.1 Å². The molecule has 1 atom stereocenters. The number of hydrogen-bond donors (Lipinski definition) is 1.